The first-order valence-corrected chi connectivity index (χ1v) is 6.47. The smallest absolute Gasteiger partial charge is 0.372 e. The molecule has 1 aromatic carbocycles. The number of para-hydroxylation sites is 1. The van der Waals surface area contributed by atoms with Gasteiger partial charge in [0.15, 0.2) is 5.54 Å². The van der Waals surface area contributed by atoms with Crippen LogP contribution in [0, 0.1) is 9.81 Å². The van der Waals surface area contributed by atoms with Crippen LogP contribution in [0.5, 0.6) is 0 Å². The molecule has 0 saturated heterocycles. The lowest BCUT2D eigenvalue weighted by atomic mass is 9.86. The standard InChI is InChI=1S/C14H11N3O6/c18-11(12(19)20)6-14(17-23,13(21)16-22)5-8-7-15-10-4-2-1-3-9(8)10/h1-4,7,15H,5-6H2,(H,19,20). The Morgan fingerprint density at radius 2 is 1.87 bits per heavy atom. The zero-order valence-corrected chi connectivity index (χ0v) is 11.7. The van der Waals surface area contributed by atoms with Crippen LogP contribution in [0.15, 0.2) is 40.8 Å². The van der Waals surface area contributed by atoms with Crippen molar-refractivity contribution in [3.05, 3.63) is 45.8 Å². The number of aliphatic carboxylic acids is 1. The minimum absolute atomic E-state index is 0.413. The number of rotatable bonds is 7. The first kappa shape index (κ1) is 16.1. The summed E-state index contributed by atoms with van der Waals surface area (Å²) in [6, 6.07) is 6.93. The number of nitrogens with zero attached hydrogens (tertiary/aromatic N) is 2. The van der Waals surface area contributed by atoms with Gasteiger partial charge < -0.3 is 10.1 Å². The van der Waals surface area contributed by atoms with Crippen LogP contribution >= 0.6 is 0 Å². The van der Waals surface area contributed by atoms with Gasteiger partial charge in [0.2, 0.25) is 5.78 Å². The molecule has 9 nitrogen and oxygen atoms in total. The number of fused-ring (bicyclic) bond motifs is 1. The van der Waals surface area contributed by atoms with E-state index in [1.165, 1.54) is 6.20 Å². The van der Waals surface area contributed by atoms with E-state index in [1.54, 1.807) is 24.3 Å². The van der Waals surface area contributed by atoms with Crippen LogP contribution < -0.4 is 0 Å². The van der Waals surface area contributed by atoms with Crippen LogP contribution in [0.2, 0.25) is 0 Å². The van der Waals surface area contributed by atoms with E-state index >= 15 is 0 Å². The Kier molecular flexibility index (Phi) is 4.39. The van der Waals surface area contributed by atoms with Gasteiger partial charge in [-0.05, 0) is 11.6 Å². The number of ketones is 1. The van der Waals surface area contributed by atoms with Crippen LogP contribution in [-0.2, 0) is 20.8 Å². The monoisotopic (exact) mass is 317 g/mol. The quantitative estimate of drug-likeness (QED) is 0.585. The van der Waals surface area contributed by atoms with Crippen LogP contribution in [0.25, 0.3) is 10.9 Å². The van der Waals surface area contributed by atoms with Gasteiger partial charge in [-0.2, -0.15) is 0 Å². The zero-order valence-electron chi connectivity index (χ0n) is 11.7. The highest BCUT2D eigenvalue weighted by Gasteiger charge is 2.45. The molecule has 9 heteroatoms. The van der Waals surface area contributed by atoms with Crippen molar-refractivity contribution in [2.45, 2.75) is 18.4 Å². The molecule has 23 heavy (non-hydrogen) atoms. The maximum Gasteiger partial charge on any atom is 0.372 e. The van der Waals surface area contributed by atoms with E-state index in [0.29, 0.717) is 16.5 Å². The molecule has 0 saturated carbocycles. The third-order valence-corrected chi connectivity index (χ3v) is 3.51. The fourth-order valence-electron chi connectivity index (χ4n) is 2.34. The molecule has 2 aromatic rings. The Hall–Kier alpha value is -3.23. The molecule has 0 aliphatic rings. The normalized spacial score (nSPS) is 13.2. The van der Waals surface area contributed by atoms with Gasteiger partial charge in [-0.3, -0.25) is 9.59 Å². The molecule has 0 spiro atoms. The molecule has 2 rings (SSSR count). The van der Waals surface area contributed by atoms with E-state index in [2.05, 4.69) is 15.3 Å². The number of hydrogen-bond acceptors (Lipinski definition) is 6. The fourth-order valence-corrected chi connectivity index (χ4v) is 2.34. The van der Waals surface area contributed by atoms with Crippen molar-refractivity contribution in [2.75, 3.05) is 0 Å². The lowest BCUT2D eigenvalue weighted by molar-refractivity contribution is -0.150. The molecule has 0 radical (unpaired) electrons. The van der Waals surface area contributed by atoms with E-state index < -0.39 is 36.0 Å². The van der Waals surface area contributed by atoms with Crippen molar-refractivity contribution >= 4 is 28.6 Å². The van der Waals surface area contributed by atoms with E-state index in [1.807, 2.05) is 0 Å². The number of benzene rings is 1. The Labute approximate surface area is 128 Å². The van der Waals surface area contributed by atoms with Crippen molar-refractivity contribution in [3.8, 4) is 0 Å². The van der Waals surface area contributed by atoms with Crippen molar-refractivity contribution in [1.82, 2.24) is 4.98 Å². The van der Waals surface area contributed by atoms with Crippen LogP contribution in [-0.4, -0.2) is 33.3 Å². The third-order valence-electron chi connectivity index (χ3n) is 3.51. The highest BCUT2D eigenvalue weighted by Crippen LogP contribution is 2.28. The molecule has 1 atom stereocenters. The molecule has 2 N–H and O–H groups in total. The first-order valence-electron chi connectivity index (χ1n) is 6.47. The van der Waals surface area contributed by atoms with Crippen molar-refractivity contribution in [3.63, 3.8) is 0 Å². The summed E-state index contributed by atoms with van der Waals surface area (Å²) in [6.07, 6.45) is 0.0495. The Balaban J connectivity index is 2.47. The van der Waals surface area contributed by atoms with E-state index in [9.17, 15) is 24.2 Å². The molecular formula is C14H11N3O6. The van der Waals surface area contributed by atoms with Crippen molar-refractivity contribution in [2.24, 2.45) is 10.4 Å². The number of hydrogen-bond donors (Lipinski definition) is 2. The maximum atomic E-state index is 11.8. The van der Waals surface area contributed by atoms with E-state index in [-0.39, 0.29) is 0 Å². The summed E-state index contributed by atoms with van der Waals surface area (Å²) in [5.41, 5.74) is -1.23. The number of nitroso groups, excluding NO2 is 2. The minimum Gasteiger partial charge on any atom is -0.475 e. The van der Waals surface area contributed by atoms with Gasteiger partial charge in [-0.25, -0.2) is 4.79 Å². The van der Waals surface area contributed by atoms with Gasteiger partial charge in [0.05, 0.1) is 6.42 Å². The number of carboxylic acids is 1. The maximum absolute atomic E-state index is 11.8. The Bertz CT molecular complexity index is 812. The summed E-state index contributed by atoms with van der Waals surface area (Å²) in [6.45, 7) is 0. The average Bonchev–Trinajstić information content (AvgIpc) is 2.96. The number of carbonyl (C=O) groups excluding carboxylic acids is 2. The molecule has 1 amide bonds. The predicted octanol–water partition coefficient (Wildman–Crippen LogP) is 1.55. The Morgan fingerprint density at radius 3 is 2.48 bits per heavy atom. The third kappa shape index (κ3) is 3.03. The molecule has 1 unspecified atom stereocenters. The number of nitrogens with one attached hydrogen (secondary N) is 1. The molecule has 0 fully saturated rings. The summed E-state index contributed by atoms with van der Waals surface area (Å²) >= 11 is 0. The van der Waals surface area contributed by atoms with Gasteiger partial charge in [-0.15, -0.1) is 9.81 Å². The van der Waals surface area contributed by atoms with E-state index in [0.717, 1.165) is 0 Å². The average molecular weight is 317 g/mol. The SMILES string of the molecule is O=NC(=O)C(CC(=O)C(=O)O)(Cc1c[nH]c2ccccc12)N=O. The largest absolute Gasteiger partial charge is 0.475 e. The van der Waals surface area contributed by atoms with Crippen molar-refractivity contribution < 1.29 is 19.5 Å². The molecule has 1 heterocycles. The zero-order chi connectivity index (χ0) is 17.0. The van der Waals surface area contributed by atoms with Crippen LogP contribution in [0.4, 0.5) is 0 Å². The van der Waals surface area contributed by atoms with E-state index in [4.69, 9.17) is 5.11 Å². The molecule has 0 aliphatic carbocycles. The van der Waals surface area contributed by atoms with Crippen LogP contribution in [0.3, 0.4) is 0 Å². The molecule has 118 valence electrons. The summed E-state index contributed by atoms with van der Waals surface area (Å²) < 4.78 is 0. The van der Waals surface area contributed by atoms with Gasteiger partial charge >= 0.3 is 11.9 Å². The summed E-state index contributed by atoms with van der Waals surface area (Å²) in [7, 11) is 0. The highest BCUT2D eigenvalue weighted by molar-refractivity contribution is 6.33. The highest BCUT2D eigenvalue weighted by atomic mass is 16.4. The topological polar surface area (TPSA) is 146 Å². The number of Topliss-reactive ketones (excluding diaryl/α,β-unsaturated/α-hetero) is 1. The molecule has 0 aliphatic heterocycles. The van der Waals surface area contributed by atoms with Gasteiger partial charge in [0.1, 0.15) is 0 Å². The van der Waals surface area contributed by atoms with Gasteiger partial charge in [0, 0.05) is 28.7 Å². The number of carbonyl (C=O) groups is 3. The second-order valence-electron chi connectivity index (χ2n) is 4.96. The second-order valence-corrected chi connectivity index (χ2v) is 4.96. The number of amides is 1. The van der Waals surface area contributed by atoms with Crippen molar-refractivity contribution in [1.29, 1.82) is 0 Å². The lowest BCUT2D eigenvalue weighted by Gasteiger charge is -2.19. The molecule has 0 bridgehead atoms. The fraction of sp³-hybridized carbons (Fsp3) is 0.214. The molecular weight excluding hydrogens is 306 g/mol. The first-order chi connectivity index (χ1) is 10.9. The Morgan fingerprint density at radius 1 is 1.17 bits per heavy atom. The predicted molar refractivity (Wildman–Crippen MR) is 78.6 cm³/mol. The lowest BCUT2D eigenvalue weighted by Crippen LogP contribution is -2.41. The number of carboxylic acid groups (broad SMARTS) is 1. The number of aromatic amines is 1. The minimum atomic E-state index is -2.37. The van der Waals surface area contributed by atoms with Gasteiger partial charge in [-0.1, -0.05) is 23.4 Å². The summed E-state index contributed by atoms with van der Waals surface area (Å²) in [5, 5.41) is 14.1. The number of H-pyrrole nitrogens is 1. The number of aromatic nitrogens is 1. The van der Waals surface area contributed by atoms with Gasteiger partial charge in [0.25, 0.3) is 0 Å². The van der Waals surface area contributed by atoms with Crippen LogP contribution in [0.1, 0.15) is 12.0 Å². The summed E-state index contributed by atoms with van der Waals surface area (Å²) in [5.74, 6) is -4.70. The summed E-state index contributed by atoms with van der Waals surface area (Å²) in [4.78, 5) is 58.6. The second kappa shape index (κ2) is 6.26. The molecule has 1 aromatic heterocycles.